The average molecular weight is 395 g/mol. The summed E-state index contributed by atoms with van der Waals surface area (Å²) in [4.78, 5) is 12.1. The van der Waals surface area contributed by atoms with Gasteiger partial charge in [0.05, 0.1) is 4.90 Å². The molecule has 0 spiro atoms. The number of hydrogen-bond donors (Lipinski definition) is 2. The van der Waals surface area contributed by atoms with Crippen LogP contribution in [0.5, 0.6) is 5.75 Å². The molecule has 150 valence electrons. The Balaban J connectivity index is 1.88. The number of amides is 1. The van der Waals surface area contributed by atoms with Crippen molar-refractivity contribution < 1.29 is 17.9 Å². The maximum Gasteiger partial charge on any atom is 0.260 e. The fourth-order valence-electron chi connectivity index (χ4n) is 2.92. The zero-order chi connectivity index (χ0) is 19.9. The largest absolute Gasteiger partial charge is 0.481 e. The molecule has 0 saturated heterocycles. The Hall–Kier alpha value is -1.86. The molecule has 1 aliphatic rings. The second kappa shape index (κ2) is 9.90. The lowest BCUT2D eigenvalue weighted by Gasteiger charge is -2.16. The first-order chi connectivity index (χ1) is 12.8. The highest BCUT2D eigenvalue weighted by atomic mass is 32.2. The molecule has 1 aromatic rings. The van der Waals surface area contributed by atoms with E-state index < -0.39 is 16.1 Å². The summed E-state index contributed by atoms with van der Waals surface area (Å²) in [6, 6.07) is 6.15. The molecule has 2 N–H and O–H groups in total. The number of carbonyl (C=O) groups excluding carboxylic acids is 1. The minimum atomic E-state index is -3.55. The van der Waals surface area contributed by atoms with Crippen molar-refractivity contribution >= 4 is 15.9 Å². The molecular weight excluding hydrogens is 364 g/mol. The van der Waals surface area contributed by atoms with Crippen molar-refractivity contribution in [1.82, 2.24) is 10.0 Å². The number of sulfonamides is 1. The summed E-state index contributed by atoms with van der Waals surface area (Å²) < 4.78 is 33.0. The van der Waals surface area contributed by atoms with Gasteiger partial charge in [-0.25, -0.2) is 13.1 Å². The fraction of sp³-hybridized carbons (Fsp3) is 0.550. The molecule has 27 heavy (non-hydrogen) atoms. The van der Waals surface area contributed by atoms with Crippen molar-refractivity contribution in [3.05, 3.63) is 35.9 Å². The van der Waals surface area contributed by atoms with Crippen LogP contribution in [0.2, 0.25) is 0 Å². The molecule has 1 aliphatic carbocycles. The third-order valence-corrected chi connectivity index (χ3v) is 5.85. The smallest absolute Gasteiger partial charge is 0.260 e. The fourth-order valence-corrected chi connectivity index (χ4v) is 3.95. The first kappa shape index (κ1) is 21.4. The Morgan fingerprint density at radius 1 is 1.15 bits per heavy atom. The molecule has 0 unspecified atom stereocenters. The van der Waals surface area contributed by atoms with Gasteiger partial charge in [-0.3, -0.25) is 4.79 Å². The van der Waals surface area contributed by atoms with Crippen LogP contribution >= 0.6 is 0 Å². The normalized spacial score (nSPS) is 15.9. The SMILES string of the molecule is CC(C)NC(=O)[C@H](C)Oc1ccc(S(=O)(=O)NCCC2=CCCCC2)cc1. The molecular formula is C20H30N2O4S. The van der Waals surface area contributed by atoms with Crippen molar-refractivity contribution in [1.29, 1.82) is 0 Å². The van der Waals surface area contributed by atoms with E-state index in [9.17, 15) is 13.2 Å². The molecule has 0 aliphatic heterocycles. The van der Waals surface area contributed by atoms with Crippen LogP contribution in [-0.2, 0) is 14.8 Å². The van der Waals surface area contributed by atoms with Gasteiger partial charge in [-0.15, -0.1) is 0 Å². The minimum Gasteiger partial charge on any atom is -0.481 e. The van der Waals surface area contributed by atoms with Crippen molar-refractivity contribution in [3.63, 3.8) is 0 Å². The van der Waals surface area contributed by atoms with Gasteiger partial charge in [0.15, 0.2) is 6.10 Å². The predicted molar refractivity (Wildman–Crippen MR) is 106 cm³/mol. The van der Waals surface area contributed by atoms with Gasteiger partial charge >= 0.3 is 0 Å². The minimum absolute atomic E-state index is 0.0338. The number of carbonyl (C=O) groups is 1. The van der Waals surface area contributed by atoms with Crippen LogP contribution < -0.4 is 14.8 Å². The molecule has 7 heteroatoms. The van der Waals surface area contributed by atoms with Gasteiger partial charge in [-0.05, 0) is 77.1 Å². The first-order valence-corrected chi connectivity index (χ1v) is 11.0. The third kappa shape index (κ3) is 6.99. The van der Waals surface area contributed by atoms with E-state index in [1.165, 1.54) is 30.5 Å². The number of hydrogen-bond acceptors (Lipinski definition) is 4. The molecule has 0 saturated carbocycles. The Morgan fingerprint density at radius 3 is 2.44 bits per heavy atom. The molecule has 1 aromatic carbocycles. The summed E-state index contributed by atoms with van der Waals surface area (Å²) in [6.45, 7) is 5.81. The Bertz CT molecular complexity index is 755. The van der Waals surface area contributed by atoms with Crippen LogP contribution in [0.15, 0.2) is 40.8 Å². The molecule has 0 bridgehead atoms. The van der Waals surface area contributed by atoms with Crippen LogP contribution in [0.25, 0.3) is 0 Å². The lowest BCUT2D eigenvalue weighted by molar-refractivity contribution is -0.127. The lowest BCUT2D eigenvalue weighted by atomic mass is 9.97. The van der Waals surface area contributed by atoms with E-state index in [2.05, 4.69) is 16.1 Å². The monoisotopic (exact) mass is 394 g/mol. The topological polar surface area (TPSA) is 84.5 Å². The van der Waals surface area contributed by atoms with Crippen LogP contribution in [-0.4, -0.2) is 33.0 Å². The Morgan fingerprint density at radius 2 is 1.85 bits per heavy atom. The zero-order valence-corrected chi connectivity index (χ0v) is 17.1. The molecule has 0 aromatic heterocycles. The second-order valence-electron chi connectivity index (χ2n) is 7.15. The number of ether oxygens (including phenoxy) is 1. The van der Waals surface area contributed by atoms with Gasteiger partial charge in [-0.1, -0.05) is 11.6 Å². The highest BCUT2D eigenvalue weighted by Gasteiger charge is 2.17. The highest BCUT2D eigenvalue weighted by molar-refractivity contribution is 7.89. The average Bonchev–Trinajstić information content (AvgIpc) is 2.62. The van der Waals surface area contributed by atoms with Gasteiger partial charge in [0.1, 0.15) is 5.75 Å². The van der Waals surface area contributed by atoms with Crippen LogP contribution in [0.1, 0.15) is 52.9 Å². The van der Waals surface area contributed by atoms with E-state index in [0.717, 1.165) is 19.3 Å². The summed E-state index contributed by atoms with van der Waals surface area (Å²) in [7, 11) is -3.55. The number of rotatable bonds is 9. The van der Waals surface area contributed by atoms with E-state index in [-0.39, 0.29) is 16.8 Å². The van der Waals surface area contributed by atoms with Gasteiger partial charge in [0.25, 0.3) is 5.91 Å². The molecule has 0 radical (unpaired) electrons. The number of benzene rings is 1. The van der Waals surface area contributed by atoms with E-state index in [1.807, 2.05) is 13.8 Å². The number of nitrogens with one attached hydrogen (secondary N) is 2. The van der Waals surface area contributed by atoms with Gasteiger partial charge in [0.2, 0.25) is 10.0 Å². The first-order valence-electron chi connectivity index (χ1n) is 9.52. The van der Waals surface area contributed by atoms with E-state index in [1.54, 1.807) is 19.1 Å². The van der Waals surface area contributed by atoms with Crippen molar-refractivity contribution in [3.8, 4) is 5.75 Å². The third-order valence-electron chi connectivity index (χ3n) is 4.37. The van der Waals surface area contributed by atoms with Crippen LogP contribution in [0.3, 0.4) is 0 Å². The Labute approximate surface area is 162 Å². The number of allylic oxidation sites excluding steroid dienone is 1. The van der Waals surface area contributed by atoms with Gasteiger partial charge in [0, 0.05) is 12.6 Å². The maximum absolute atomic E-state index is 12.4. The van der Waals surface area contributed by atoms with E-state index in [0.29, 0.717) is 12.3 Å². The molecule has 6 nitrogen and oxygen atoms in total. The second-order valence-corrected chi connectivity index (χ2v) is 8.92. The summed E-state index contributed by atoms with van der Waals surface area (Å²) in [5.74, 6) is 0.244. The van der Waals surface area contributed by atoms with Crippen molar-refractivity contribution in [2.75, 3.05) is 6.54 Å². The van der Waals surface area contributed by atoms with E-state index in [4.69, 9.17) is 4.74 Å². The van der Waals surface area contributed by atoms with Crippen LogP contribution in [0, 0.1) is 0 Å². The standard InChI is InChI=1S/C20H30N2O4S/c1-15(2)22-20(23)16(3)26-18-9-11-19(12-10-18)27(24,25)21-14-13-17-7-5-4-6-8-17/h7,9-12,15-16,21H,4-6,8,13-14H2,1-3H3,(H,22,23)/t16-/m0/s1. The zero-order valence-electron chi connectivity index (χ0n) is 16.3. The molecule has 2 rings (SSSR count). The van der Waals surface area contributed by atoms with E-state index >= 15 is 0 Å². The van der Waals surface area contributed by atoms with Gasteiger partial charge < -0.3 is 10.1 Å². The summed E-state index contributed by atoms with van der Waals surface area (Å²) in [5, 5.41) is 2.77. The highest BCUT2D eigenvalue weighted by Crippen LogP contribution is 2.20. The summed E-state index contributed by atoms with van der Waals surface area (Å²) >= 11 is 0. The summed E-state index contributed by atoms with van der Waals surface area (Å²) in [5.41, 5.74) is 1.33. The predicted octanol–water partition coefficient (Wildman–Crippen LogP) is 3.15. The van der Waals surface area contributed by atoms with Crippen molar-refractivity contribution in [2.24, 2.45) is 0 Å². The molecule has 1 atom stereocenters. The summed E-state index contributed by atoms with van der Waals surface area (Å²) in [6.07, 6.45) is 6.89. The quantitative estimate of drug-likeness (QED) is 0.630. The van der Waals surface area contributed by atoms with Crippen molar-refractivity contribution in [2.45, 2.75) is 69.9 Å². The van der Waals surface area contributed by atoms with Gasteiger partial charge in [-0.2, -0.15) is 0 Å². The van der Waals surface area contributed by atoms with Crippen LogP contribution in [0.4, 0.5) is 0 Å². The molecule has 0 fully saturated rings. The maximum atomic E-state index is 12.4. The molecule has 0 heterocycles. The lowest BCUT2D eigenvalue weighted by Crippen LogP contribution is -2.40. The molecule has 1 amide bonds. The Kier molecular flexibility index (Phi) is 7.86.